The average Bonchev–Trinajstić information content (AvgIpc) is 2.58. The maximum atomic E-state index is 5.88. The largest absolute Gasteiger partial charge is 0.444 e. The fraction of sp³-hybridized carbons (Fsp3) is 0.769. The normalized spacial score (nSPS) is 23.6. The van der Waals surface area contributed by atoms with E-state index in [2.05, 4.69) is 16.8 Å². The summed E-state index contributed by atoms with van der Waals surface area (Å²) in [6, 6.07) is 0.469. The average molecular weight is 310 g/mol. The van der Waals surface area contributed by atoms with Crippen molar-refractivity contribution in [3.63, 3.8) is 0 Å². The van der Waals surface area contributed by atoms with E-state index in [1.165, 1.54) is 12.8 Å². The van der Waals surface area contributed by atoms with Gasteiger partial charge in [0.05, 0.1) is 12.2 Å². The molecule has 0 aliphatic carbocycles. The zero-order chi connectivity index (χ0) is 12.4. The van der Waals surface area contributed by atoms with E-state index >= 15 is 0 Å². The number of aromatic nitrogens is 1. The summed E-state index contributed by atoms with van der Waals surface area (Å²) in [4.78, 5) is 6.86. The van der Waals surface area contributed by atoms with Crippen molar-refractivity contribution in [1.29, 1.82) is 0 Å². The minimum Gasteiger partial charge on any atom is -0.444 e. The fourth-order valence-corrected chi connectivity index (χ4v) is 2.69. The molecule has 19 heavy (non-hydrogen) atoms. The summed E-state index contributed by atoms with van der Waals surface area (Å²) in [7, 11) is 0. The summed E-state index contributed by atoms with van der Waals surface area (Å²) in [6.07, 6.45) is 2.53. The first-order valence-corrected chi connectivity index (χ1v) is 6.49. The van der Waals surface area contributed by atoms with Crippen LogP contribution in [-0.2, 0) is 6.54 Å². The first-order valence-electron chi connectivity index (χ1n) is 6.49. The molecule has 2 heterocycles. The first kappa shape index (κ1) is 18.7. The third-order valence-electron chi connectivity index (χ3n) is 3.88. The lowest BCUT2D eigenvalue weighted by Crippen LogP contribution is -2.48. The Morgan fingerprint density at radius 2 is 2.05 bits per heavy atom. The molecule has 2 rings (SSSR count). The second-order valence-electron chi connectivity index (χ2n) is 5.14. The highest BCUT2D eigenvalue weighted by Crippen LogP contribution is 2.24. The lowest BCUT2D eigenvalue weighted by Gasteiger charge is -2.38. The minimum atomic E-state index is 0. The number of piperidine rings is 1. The maximum Gasteiger partial charge on any atom is 0.208 e. The number of oxazole rings is 1. The van der Waals surface area contributed by atoms with Gasteiger partial charge in [0.2, 0.25) is 5.89 Å². The molecular formula is C13H25Cl2N3O. The molecule has 1 aliphatic heterocycles. The van der Waals surface area contributed by atoms with Gasteiger partial charge in [0.25, 0.3) is 0 Å². The molecule has 1 aromatic heterocycles. The van der Waals surface area contributed by atoms with Gasteiger partial charge in [0.15, 0.2) is 0 Å². The Kier molecular flexibility index (Phi) is 7.98. The molecular weight excluding hydrogens is 285 g/mol. The Bertz CT molecular complexity index is 364. The highest BCUT2D eigenvalue weighted by Gasteiger charge is 2.28. The molecule has 2 N–H and O–H groups in total. The zero-order valence-electron chi connectivity index (χ0n) is 11.9. The molecule has 0 radical (unpaired) electrons. The molecule has 1 aromatic rings. The van der Waals surface area contributed by atoms with Gasteiger partial charge in [-0.2, -0.15) is 0 Å². The van der Waals surface area contributed by atoms with Crippen LogP contribution in [0, 0.1) is 19.8 Å². The van der Waals surface area contributed by atoms with Crippen molar-refractivity contribution < 1.29 is 4.42 Å². The number of hydrogen-bond donors (Lipinski definition) is 1. The predicted octanol–water partition coefficient (Wildman–Crippen LogP) is 2.69. The lowest BCUT2D eigenvalue weighted by atomic mass is 9.91. The number of likely N-dealkylation sites (tertiary alicyclic amines) is 1. The van der Waals surface area contributed by atoms with Crippen LogP contribution in [0.5, 0.6) is 0 Å². The van der Waals surface area contributed by atoms with E-state index in [4.69, 9.17) is 10.2 Å². The van der Waals surface area contributed by atoms with Crippen molar-refractivity contribution in [2.75, 3.05) is 13.1 Å². The van der Waals surface area contributed by atoms with Crippen LogP contribution >= 0.6 is 24.8 Å². The summed E-state index contributed by atoms with van der Waals surface area (Å²) in [5.74, 6) is 2.42. The Morgan fingerprint density at radius 3 is 2.58 bits per heavy atom. The minimum absolute atomic E-state index is 0. The van der Waals surface area contributed by atoms with Gasteiger partial charge in [-0.25, -0.2) is 4.98 Å². The smallest absolute Gasteiger partial charge is 0.208 e. The SMILES string of the molecule is Cc1nc(CN2CCCC(C)C2CN)oc1C.Cl.Cl. The van der Waals surface area contributed by atoms with Gasteiger partial charge >= 0.3 is 0 Å². The van der Waals surface area contributed by atoms with Crippen LogP contribution in [0.1, 0.15) is 37.1 Å². The molecule has 2 atom stereocenters. The topological polar surface area (TPSA) is 55.3 Å². The predicted molar refractivity (Wildman–Crippen MR) is 82.1 cm³/mol. The summed E-state index contributed by atoms with van der Waals surface area (Å²) in [5.41, 5.74) is 6.87. The molecule has 0 aromatic carbocycles. The standard InChI is InChI=1S/C13H23N3O.2ClH/c1-9-5-4-6-16(12(9)7-14)8-13-15-10(2)11(3)17-13;;/h9,12H,4-8,14H2,1-3H3;2*1H. The van der Waals surface area contributed by atoms with Crippen LogP contribution in [0.25, 0.3) is 0 Å². The van der Waals surface area contributed by atoms with E-state index < -0.39 is 0 Å². The lowest BCUT2D eigenvalue weighted by molar-refractivity contribution is 0.0896. The van der Waals surface area contributed by atoms with Crippen molar-refractivity contribution >= 4 is 24.8 Å². The fourth-order valence-electron chi connectivity index (χ4n) is 2.69. The Morgan fingerprint density at radius 1 is 1.37 bits per heavy atom. The molecule has 6 heteroatoms. The van der Waals surface area contributed by atoms with Gasteiger partial charge < -0.3 is 10.2 Å². The van der Waals surface area contributed by atoms with Crippen LogP contribution in [0.3, 0.4) is 0 Å². The third kappa shape index (κ3) is 4.35. The maximum absolute atomic E-state index is 5.88. The van der Waals surface area contributed by atoms with Crippen molar-refractivity contribution in [1.82, 2.24) is 9.88 Å². The van der Waals surface area contributed by atoms with Crippen LogP contribution in [0.15, 0.2) is 4.42 Å². The Labute approximate surface area is 127 Å². The molecule has 1 aliphatic rings. The van der Waals surface area contributed by atoms with Gasteiger partial charge in [-0.3, -0.25) is 4.90 Å². The molecule has 1 saturated heterocycles. The molecule has 2 unspecified atom stereocenters. The number of halogens is 2. The van der Waals surface area contributed by atoms with Crippen LogP contribution in [-0.4, -0.2) is 29.0 Å². The highest BCUT2D eigenvalue weighted by atomic mass is 35.5. The van der Waals surface area contributed by atoms with E-state index in [1.807, 2.05) is 13.8 Å². The van der Waals surface area contributed by atoms with E-state index in [1.54, 1.807) is 0 Å². The zero-order valence-corrected chi connectivity index (χ0v) is 13.5. The van der Waals surface area contributed by atoms with Gasteiger partial charge in [0, 0.05) is 12.6 Å². The number of aryl methyl sites for hydroxylation is 2. The molecule has 0 spiro atoms. The Hall–Kier alpha value is -0.290. The van der Waals surface area contributed by atoms with E-state index in [-0.39, 0.29) is 24.8 Å². The van der Waals surface area contributed by atoms with Gasteiger partial charge in [-0.1, -0.05) is 6.92 Å². The van der Waals surface area contributed by atoms with Crippen molar-refractivity contribution in [2.45, 2.75) is 46.2 Å². The van der Waals surface area contributed by atoms with Gasteiger partial charge in [-0.05, 0) is 39.2 Å². The molecule has 4 nitrogen and oxygen atoms in total. The van der Waals surface area contributed by atoms with Crippen LogP contribution in [0.2, 0.25) is 0 Å². The number of nitrogens with two attached hydrogens (primary N) is 1. The van der Waals surface area contributed by atoms with Crippen molar-refractivity contribution in [2.24, 2.45) is 11.7 Å². The molecule has 0 bridgehead atoms. The molecule has 0 amide bonds. The summed E-state index contributed by atoms with van der Waals surface area (Å²) >= 11 is 0. The van der Waals surface area contributed by atoms with Gasteiger partial charge in [0.1, 0.15) is 5.76 Å². The second-order valence-corrected chi connectivity index (χ2v) is 5.14. The van der Waals surface area contributed by atoms with Crippen LogP contribution in [0.4, 0.5) is 0 Å². The summed E-state index contributed by atoms with van der Waals surface area (Å²) in [5, 5.41) is 0. The van der Waals surface area contributed by atoms with Crippen LogP contribution < -0.4 is 5.73 Å². The number of hydrogen-bond acceptors (Lipinski definition) is 4. The molecule has 0 saturated carbocycles. The summed E-state index contributed by atoms with van der Waals surface area (Å²) in [6.45, 7) is 8.86. The van der Waals surface area contributed by atoms with Crippen molar-refractivity contribution in [3.05, 3.63) is 17.3 Å². The monoisotopic (exact) mass is 309 g/mol. The first-order chi connectivity index (χ1) is 8.11. The summed E-state index contributed by atoms with van der Waals surface area (Å²) < 4.78 is 5.65. The Balaban J connectivity index is 0.00000162. The second kappa shape index (κ2) is 8.10. The third-order valence-corrected chi connectivity index (χ3v) is 3.88. The quantitative estimate of drug-likeness (QED) is 0.932. The highest BCUT2D eigenvalue weighted by molar-refractivity contribution is 5.85. The molecule has 1 fully saturated rings. The van der Waals surface area contributed by atoms with Gasteiger partial charge in [-0.15, -0.1) is 24.8 Å². The number of rotatable bonds is 3. The van der Waals surface area contributed by atoms with E-state index in [0.717, 1.165) is 37.0 Å². The number of nitrogens with zero attached hydrogens (tertiary/aromatic N) is 2. The van der Waals surface area contributed by atoms with Crippen molar-refractivity contribution in [3.8, 4) is 0 Å². The molecule has 112 valence electrons. The van der Waals surface area contributed by atoms with E-state index in [0.29, 0.717) is 12.0 Å². The van der Waals surface area contributed by atoms with E-state index in [9.17, 15) is 0 Å².